The molecule has 1 aromatic carbocycles. The van der Waals surface area contributed by atoms with E-state index in [0.29, 0.717) is 41.0 Å². The number of aryl methyl sites for hydroxylation is 1. The smallest absolute Gasteiger partial charge is 0.184 e. The molecule has 5 heterocycles. The van der Waals surface area contributed by atoms with Crippen molar-refractivity contribution in [3.05, 3.63) is 60.8 Å². The molecule has 39 heavy (non-hydrogen) atoms. The molecule has 12 heteroatoms. The number of imidazole rings is 1. The second-order valence-electron chi connectivity index (χ2n) is 9.29. The van der Waals surface area contributed by atoms with E-state index in [9.17, 15) is 5.11 Å². The van der Waals surface area contributed by atoms with Crippen LogP contribution in [-0.2, 0) is 18.4 Å². The average molecular weight is 528 g/mol. The van der Waals surface area contributed by atoms with Crippen LogP contribution in [0.1, 0.15) is 31.1 Å². The highest BCUT2D eigenvalue weighted by Gasteiger charge is 2.22. The number of benzene rings is 1. The van der Waals surface area contributed by atoms with Gasteiger partial charge in [-0.25, -0.2) is 19.9 Å². The highest BCUT2D eigenvalue weighted by Crippen LogP contribution is 2.39. The Morgan fingerprint density at radius 2 is 1.97 bits per heavy atom. The zero-order valence-electron chi connectivity index (χ0n) is 21.7. The Balaban J connectivity index is 1.44. The maximum Gasteiger partial charge on any atom is 0.184 e. The number of aliphatic hydroxyl groups excluding tert-OH is 1. The maximum atomic E-state index is 9.56. The predicted molar refractivity (Wildman–Crippen MR) is 146 cm³/mol. The minimum Gasteiger partial charge on any atom is -0.494 e. The molecule has 1 unspecified atom stereocenters. The zero-order valence-corrected chi connectivity index (χ0v) is 21.7. The normalized spacial score (nSPS) is 15.4. The van der Waals surface area contributed by atoms with E-state index in [4.69, 9.17) is 19.4 Å². The Kier molecular flexibility index (Phi) is 6.78. The number of aliphatic hydroxyl groups is 1. The lowest BCUT2D eigenvalue weighted by molar-refractivity contribution is -0.0298. The number of para-hydroxylation sites is 1. The summed E-state index contributed by atoms with van der Waals surface area (Å²) in [7, 11) is 3.45. The van der Waals surface area contributed by atoms with Gasteiger partial charge in [0.25, 0.3) is 0 Å². The molecule has 1 saturated heterocycles. The number of hydrogen-bond acceptors (Lipinski definition) is 10. The van der Waals surface area contributed by atoms with E-state index in [-0.39, 0.29) is 12.8 Å². The van der Waals surface area contributed by atoms with E-state index in [1.54, 1.807) is 42.8 Å². The first-order chi connectivity index (χ1) is 19.1. The molecule has 4 aromatic heterocycles. The van der Waals surface area contributed by atoms with Crippen LogP contribution in [0.3, 0.4) is 0 Å². The highest BCUT2D eigenvalue weighted by atomic mass is 16.5. The van der Waals surface area contributed by atoms with Gasteiger partial charge < -0.3 is 25.2 Å². The average Bonchev–Trinajstić information content (AvgIpc) is 3.60. The number of ether oxygens (including phenoxy) is 2. The van der Waals surface area contributed by atoms with Crippen LogP contribution >= 0.6 is 0 Å². The van der Waals surface area contributed by atoms with Crippen LogP contribution in [0.25, 0.3) is 22.6 Å². The number of rotatable bonds is 8. The Bertz CT molecular complexity index is 1610. The Morgan fingerprint density at radius 3 is 2.74 bits per heavy atom. The van der Waals surface area contributed by atoms with Crippen molar-refractivity contribution in [3.8, 4) is 17.1 Å². The van der Waals surface area contributed by atoms with E-state index in [1.165, 1.54) is 0 Å². The molecule has 0 amide bonds. The molecule has 0 saturated carbocycles. The van der Waals surface area contributed by atoms with Gasteiger partial charge in [-0.1, -0.05) is 6.07 Å². The fourth-order valence-electron chi connectivity index (χ4n) is 4.73. The van der Waals surface area contributed by atoms with Gasteiger partial charge in [0.2, 0.25) is 0 Å². The summed E-state index contributed by atoms with van der Waals surface area (Å²) in [5.41, 5.74) is 4.32. The van der Waals surface area contributed by atoms with Crippen molar-refractivity contribution >= 4 is 34.2 Å². The molecule has 1 atom stereocenters. The number of methoxy groups -OCH3 is 1. The van der Waals surface area contributed by atoms with Gasteiger partial charge in [-0.15, -0.1) is 0 Å². The quantitative estimate of drug-likeness (QED) is 0.268. The summed E-state index contributed by atoms with van der Waals surface area (Å²) in [6.07, 6.45) is 7.95. The highest BCUT2D eigenvalue weighted by molar-refractivity contribution is 5.92. The first-order valence-corrected chi connectivity index (χ1v) is 12.7. The summed E-state index contributed by atoms with van der Waals surface area (Å²) in [6.45, 7) is 0.625. The fourth-order valence-corrected chi connectivity index (χ4v) is 4.73. The second-order valence-corrected chi connectivity index (χ2v) is 9.29. The molecule has 0 radical (unpaired) electrons. The van der Waals surface area contributed by atoms with E-state index >= 15 is 0 Å². The first-order valence-electron chi connectivity index (χ1n) is 12.7. The predicted octanol–water partition coefficient (Wildman–Crippen LogP) is 4.31. The Hall–Kier alpha value is -4.55. The SMILES string of the molecule is COc1c(Nc2cc(Nc3cc(CO)ccn3)nc3c2ncn3C2CCCCO2)cccc1-c1ncn(C)n1. The molecule has 5 aromatic rings. The molecule has 200 valence electrons. The van der Waals surface area contributed by atoms with Crippen LogP contribution < -0.4 is 15.4 Å². The third-order valence-corrected chi connectivity index (χ3v) is 6.59. The summed E-state index contributed by atoms with van der Waals surface area (Å²) in [6, 6.07) is 11.2. The van der Waals surface area contributed by atoms with Crippen molar-refractivity contribution in [1.29, 1.82) is 0 Å². The molecular weight excluding hydrogens is 498 g/mol. The van der Waals surface area contributed by atoms with E-state index in [1.807, 2.05) is 35.9 Å². The number of aromatic nitrogens is 7. The third-order valence-electron chi connectivity index (χ3n) is 6.59. The van der Waals surface area contributed by atoms with E-state index in [0.717, 1.165) is 41.8 Å². The molecule has 3 N–H and O–H groups in total. The Labute approximate surface area is 224 Å². The minimum absolute atomic E-state index is 0.0798. The monoisotopic (exact) mass is 527 g/mol. The minimum atomic E-state index is -0.136. The van der Waals surface area contributed by atoms with E-state index in [2.05, 4.69) is 25.7 Å². The lowest BCUT2D eigenvalue weighted by Gasteiger charge is -2.24. The van der Waals surface area contributed by atoms with Gasteiger partial charge in [-0.3, -0.25) is 9.25 Å². The van der Waals surface area contributed by atoms with Crippen LogP contribution in [0.5, 0.6) is 5.75 Å². The summed E-state index contributed by atoms with van der Waals surface area (Å²) in [4.78, 5) is 18.4. The molecule has 0 aliphatic carbocycles. The zero-order chi connectivity index (χ0) is 26.8. The standard InChI is InChI=1S/C27H29N9O3/c1-35-15-30-26(34-35)18-6-5-7-19(25(18)38-2)31-20-13-22(32-21-12-17(14-37)9-10-28-21)33-27-24(20)29-16-36(27)23-8-3-4-11-39-23/h5-7,9-10,12-13,15-16,23,37H,3-4,8,11,14H2,1-2H3,(H2,28,31,32,33). The van der Waals surface area contributed by atoms with Crippen LogP contribution in [0.4, 0.5) is 23.0 Å². The summed E-state index contributed by atoms with van der Waals surface area (Å²) < 4.78 is 15.5. The van der Waals surface area contributed by atoms with Gasteiger partial charge in [-0.05, 0) is 49.1 Å². The molecule has 1 fully saturated rings. The molecule has 12 nitrogen and oxygen atoms in total. The number of fused-ring (bicyclic) bond motifs is 1. The van der Waals surface area contributed by atoms with Crippen molar-refractivity contribution in [2.45, 2.75) is 32.1 Å². The largest absolute Gasteiger partial charge is 0.494 e. The lowest BCUT2D eigenvalue weighted by atomic mass is 10.1. The molecule has 6 rings (SSSR count). The lowest BCUT2D eigenvalue weighted by Crippen LogP contribution is -2.17. The third kappa shape index (κ3) is 4.99. The Morgan fingerprint density at radius 1 is 1.05 bits per heavy atom. The number of hydrogen-bond donors (Lipinski definition) is 3. The van der Waals surface area contributed by atoms with Crippen LogP contribution in [-0.4, -0.2) is 53.1 Å². The van der Waals surface area contributed by atoms with Crippen LogP contribution in [0, 0.1) is 0 Å². The van der Waals surface area contributed by atoms with Crippen molar-refractivity contribution in [2.75, 3.05) is 24.4 Å². The van der Waals surface area contributed by atoms with Gasteiger partial charge in [-0.2, -0.15) is 5.10 Å². The maximum absolute atomic E-state index is 9.56. The molecular formula is C27H29N9O3. The van der Waals surface area contributed by atoms with Crippen molar-refractivity contribution in [3.63, 3.8) is 0 Å². The second kappa shape index (κ2) is 10.7. The molecule has 0 bridgehead atoms. The van der Waals surface area contributed by atoms with Crippen LogP contribution in [0.15, 0.2) is 55.2 Å². The molecule has 1 aliphatic heterocycles. The molecule has 1 aliphatic rings. The van der Waals surface area contributed by atoms with Crippen molar-refractivity contribution in [1.82, 2.24) is 34.3 Å². The van der Waals surface area contributed by atoms with Crippen LogP contribution in [0.2, 0.25) is 0 Å². The summed E-state index contributed by atoms with van der Waals surface area (Å²) in [5.74, 6) is 2.30. The summed E-state index contributed by atoms with van der Waals surface area (Å²) >= 11 is 0. The van der Waals surface area contributed by atoms with Gasteiger partial charge in [0.05, 0.1) is 37.0 Å². The number of anilines is 4. The fraction of sp³-hybridized carbons (Fsp3) is 0.296. The van der Waals surface area contributed by atoms with E-state index < -0.39 is 0 Å². The number of nitrogens with zero attached hydrogens (tertiary/aromatic N) is 7. The topological polar surface area (TPSA) is 137 Å². The van der Waals surface area contributed by atoms with Gasteiger partial charge >= 0.3 is 0 Å². The molecule has 0 spiro atoms. The number of nitrogens with one attached hydrogen (secondary N) is 2. The number of pyridine rings is 2. The van der Waals surface area contributed by atoms with Gasteiger partial charge in [0.15, 0.2) is 17.2 Å². The summed E-state index contributed by atoms with van der Waals surface area (Å²) in [5, 5.41) is 20.8. The van der Waals surface area contributed by atoms with Crippen molar-refractivity contribution < 1.29 is 14.6 Å². The van der Waals surface area contributed by atoms with Gasteiger partial charge in [0, 0.05) is 25.9 Å². The van der Waals surface area contributed by atoms with Gasteiger partial charge in [0.1, 0.15) is 29.7 Å². The first kappa shape index (κ1) is 24.8. The van der Waals surface area contributed by atoms with Crippen molar-refractivity contribution in [2.24, 2.45) is 7.05 Å².